The van der Waals surface area contributed by atoms with Gasteiger partial charge in [-0.15, -0.1) is 5.10 Å². The number of nitrogens with one attached hydrogen (secondary N) is 1. The van der Waals surface area contributed by atoms with E-state index in [1.54, 1.807) is 18.0 Å². The molecule has 27 heavy (non-hydrogen) atoms. The quantitative estimate of drug-likeness (QED) is 0.742. The Morgan fingerprint density at radius 1 is 1.37 bits per heavy atom. The molecular weight excluding hydrogens is 346 g/mol. The number of hydrogen-bond acceptors (Lipinski definition) is 6. The summed E-state index contributed by atoms with van der Waals surface area (Å²) in [6.45, 7) is 2.99. The molecule has 1 saturated heterocycles. The Morgan fingerprint density at radius 3 is 2.89 bits per heavy atom. The standard InChI is InChI=1S/C19H21N5O3/c1-12(21-19(25)14-7-8-27-10-14)18-22-17-9-16(20-11-24(17)23-18)13-3-5-15(26-2)6-4-13/h3-6,9,11-12,14H,7-8,10H2,1-2H3,(H,21,25)/t12-,14+/m0/s1. The van der Waals surface area contributed by atoms with E-state index in [0.717, 1.165) is 23.4 Å². The van der Waals surface area contributed by atoms with Gasteiger partial charge in [-0.2, -0.15) is 0 Å². The van der Waals surface area contributed by atoms with Gasteiger partial charge >= 0.3 is 0 Å². The van der Waals surface area contributed by atoms with Crippen molar-refractivity contribution in [3.8, 4) is 17.0 Å². The van der Waals surface area contributed by atoms with Crippen LogP contribution in [-0.4, -0.2) is 45.8 Å². The molecule has 3 aromatic rings. The third kappa shape index (κ3) is 3.61. The number of carbonyl (C=O) groups excluding carboxylic acids is 1. The normalized spacial score (nSPS) is 17.8. The van der Waals surface area contributed by atoms with Gasteiger partial charge in [-0.05, 0) is 37.6 Å². The van der Waals surface area contributed by atoms with E-state index in [0.29, 0.717) is 24.7 Å². The molecule has 0 unspecified atom stereocenters. The van der Waals surface area contributed by atoms with Gasteiger partial charge in [0.25, 0.3) is 0 Å². The minimum Gasteiger partial charge on any atom is -0.497 e. The first-order valence-electron chi connectivity index (χ1n) is 8.89. The van der Waals surface area contributed by atoms with E-state index in [1.807, 2.05) is 37.3 Å². The minimum absolute atomic E-state index is 0.0177. The summed E-state index contributed by atoms with van der Waals surface area (Å²) >= 11 is 0. The minimum atomic E-state index is -0.289. The predicted octanol–water partition coefficient (Wildman–Crippen LogP) is 2.01. The van der Waals surface area contributed by atoms with E-state index in [9.17, 15) is 4.79 Å². The van der Waals surface area contributed by atoms with Crippen molar-refractivity contribution < 1.29 is 14.3 Å². The Kier molecular flexibility index (Phi) is 4.72. The molecule has 0 spiro atoms. The van der Waals surface area contributed by atoms with Crippen LogP contribution >= 0.6 is 0 Å². The fourth-order valence-electron chi connectivity index (χ4n) is 3.05. The number of ether oxygens (including phenoxy) is 2. The average molecular weight is 367 g/mol. The first-order valence-corrected chi connectivity index (χ1v) is 8.89. The zero-order chi connectivity index (χ0) is 18.8. The first-order chi connectivity index (χ1) is 13.1. The van der Waals surface area contributed by atoms with Crippen molar-refractivity contribution in [2.75, 3.05) is 20.3 Å². The fraction of sp³-hybridized carbons (Fsp3) is 0.368. The maximum absolute atomic E-state index is 12.3. The smallest absolute Gasteiger partial charge is 0.226 e. The highest BCUT2D eigenvalue weighted by atomic mass is 16.5. The van der Waals surface area contributed by atoms with Crippen LogP contribution in [0.4, 0.5) is 0 Å². The highest BCUT2D eigenvalue weighted by molar-refractivity contribution is 5.79. The second-order valence-corrected chi connectivity index (χ2v) is 6.57. The summed E-state index contributed by atoms with van der Waals surface area (Å²) in [5.74, 6) is 1.24. The number of benzene rings is 1. The summed E-state index contributed by atoms with van der Waals surface area (Å²) in [5.41, 5.74) is 2.44. The maximum Gasteiger partial charge on any atom is 0.226 e. The number of nitrogens with zero attached hydrogens (tertiary/aromatic N) is 4. The van der Waals surface area contributed by atoms with Crippen molar-refractivity contribution in [3.05, 3.63) is 42.5 Å². The molecule has 1 aliphatic heterocycles. The van der Waals surface area contributed by atoms with Crippen molar-refractivity contribution in [2.45, 2.75) is 19.4 Å². The summed E-state index contributed by atoms with van der Waals surface area (Å²) in [5, 5.41) is 7.40. The van der Waals surface area contributed by atoms with Crippen molar-refractivity contribution in [2.24, 2.45) is 5.92 Å². The Labute approximate surface area is 156 Å². The maximum atomic E-state index is 12.3. The number of fused-ring (bicyclic) bond motifs is 1. The molecule has 1 aromatic carbocycles. The molecule has 8 heteroatoms. The molecule has 1 amide bonds. The van der Waals surface area contributed by atoms with Crippen LogP contribution in [0.1, 0.15) is 25.2 Å². The van der Waals surface area contributed by atoms with Crippen molar-refractivity contribution in [1.29, 1.82) is 0 Å². The van der Waals surface area contributed by atoms with Gasteiger partial charge in [0.1, 0.15) is 12.1 Å². The number of amides is 1. The SMILES string of the molecule is COc1ccc(-c2cc3nc([C@H](C)NC(=O)[C@@H]4CCOC4)nn3cn2)cc1. The van der Waals surface area contributed by atoms with Gasteiger partial charge in [0, 0.05) is 18.2 Å². The lowest BCUT2D eigenvalue weighted by Crippen LogP contribution is -2.33. The van der Waals surface area contributed by atoms with Crippen LogP contribution in [0.2, 0.25) is 0 Å². The van der Waals surface area contributed by atoms with Gasteiger partial charge in [-0.3, -0.25) is 4.79 Å². The zero-order valence-electron chi connectivity index (χ0n) is 15.3. The van der Waals surface area contributed by atoms with Crippen molar-refractivity contribution in [3.63, 3.8) is 0 Å². The topological polar surface area (TPSA) is 90.6 Å². The summed E-state index contributed by atoms with van der Waals surface area (Å²) in [6.07, 6.45) is 2.39. The molecule has 4 rings (SSSR count). The van der Waals surface area contributed by atoms with Crippen LogP contribution in [-0.2, 0) is 9.53 Å². The fourth-order valence-corrected chi connectivity index (χ4v) is 3.05. The van der Waals surface area contributed by atoms with Crippen molar-refractivity contribution >= 4 is 11.6 Å². The van der Waals surface area contributed by atoms with Crippen LogP contribution in [0.15, 0.2) is 36.7 Å². The van der Waals surface area contributed by atoms with Crippen molar-refractivity contribution in [1.82, 2.24) is 24.9 Å². The van der Waals surface area contributed by atoms with Gasteiger partial charge in [0.05, 0.1) is 31.4 Å². The van der Waals surface area contributed by atoms with Gasteiger partial charge in [0.2, 0.25) is 5.91 Å². The van der Waals surface area contributed by atoms with Gasteiger partial charge < -0.3 is 14.8 Å². The Morgan fingerprint density at radius 2 is 2.19 bits per heavy atom. The van der Waals surface area contributed by atoms with E-state index < -0.39 is 0 Å². The summed E-state index contributed by atoms with van der Waals surface area (Å²) in [7, 11) is 1.64. The van der Waals surface area contributed by atoms with Crippen LogP contribution < -0.4 is 10.1 Å². The first kappa shape index (κ1) is 17.4. The lowest BCUT2D eigenvalue weighted by Gasteiger charge is -2.13. The molecule has 0 saturated carbocycles. The molecule has 3 heterocycles. The molecule has 2 aromatic heterocycles. The molecule has 1 fully saturated rings. The average Bonchev–Trinajstić information content (AvgIpc) is 3.37. The summed E-state index contributed by atoms with van der Waals surface area (Å²) in [4.78, 5) is 21.3. The second-order valence-electron chi connectivity index (χ2n) is 6.57. The number of carbonyl (C=O) groups is 1. The van der Waals surface area contributed by atoms with Gasteiger partial charge in [0.15, 0.2) is 11.5 Å². The molecule has 1 N–H and O–H groups in total. The molecule has 0 aliphatic carbocycles. The zero-order valence-corrected chi connectivity index (χ0v) is 15.3. The van der Waals surface area contributed by atoms with E-state index >= 15 is 0 Å². The van der Waals surface area contributed by atoms with Crippen LogP contribution in [0.25, 0.3) is 16.9 Å². The third-order valence-electron chi connectivity index (χ3n) is 4.68. The van der Waals surface area contributed by atoms with Crippen LogP contribution in [0, 0.1) is 5.92 Å². The number of rotatable bonds is 5. The van der Waals surface area contributed by atoms with E-state index in [1.165, 1.54) is 0 Å². The van der Waals surface area contributed by atoms with Gasteiger partial charge in [-0.25, -0.2) is 14.5 Å². The highest BCUT2D eigenvalue weighted by Gasteiger charge is 2.25. The lowest BCUT2D eigenvalue weighted by molar-refractivity contribution is -0.125. The number of methoxy groups -OCH3 is 1. The van der Waals surface area contributed by atoms with E-state index in [-0.39, 0.29) is 17.9 Å². The number of aromatic nitrogens is 4. The third-order valence-corrected chi connectivity index (χ3v) is 4.68. The molecule has 140 valence electrons. The monoisotopic (exact) mass is 367 g/mol. The Bertz CT molecular complexity index is 948. The Balaban J connectivity index is 1.53. The number of hydrogen-bond donors (Lipinski definition) is 1. The van der Waals surface area contributed by atoms with Crippen LogP contribution in [0.5, 0.6) is 5.75 Å². The molecule has 0 bridgehead atoms. The summed E-state index contributed by atoms with van der Waals surface area (Å²) < 4.78 is 12.1. The Hall–Kier alpha value is -3.00. The van der Waals surface area contributed by atoms with Crippen LogP contribution in [0.3, 0.4) is 0 Å². The molecular formula is C19H21N5O3. The largest absolute Gasteiger partial charge is 0.497 e. The van der Waals surface area contributed by atoms with E-state index in [2.05, 4.69) is 20.4 Å². The highest BCUT2D eigenvalue weighted by Crippen LogP contribution is 2.22. The molecule has 8 nitrogen and oxygen atoms in total. The lowest BCUT2D eigenvalue weighted by atomic mass is 10.1. The molecule has 0 radical (unpaired) electrons. The van der Waals surface area contributed by atoms with Gasteiger partial charge in [-0.1, -0.05) is 0 Å². The van der Waals surface area contributed by atoms with E-state index in [4.69, 9.17) is 9.47 Å². The molecule has 1 aliphatic rings. The second kappa shape index (κ2) is 7.32. The summed E-state index contributed by atoms with van der Waals surface area (Å²) in [6, 6.07) is 9.25. The predicted molar refractivity (Wildman–Crippen MR) is 98.3 cm³/mol. The molecule has 2 atom stereocenters.